The zero-order valence-corrected chi connectivity index (χ0v) is 12.8. The van der Waals surface area contributed by atoms with E-state index in [1.54, 1.807) is 24.3 Å². The largest absolute Gasteiger partial charge is 0.397 e. The third-order valence-electron chi connectivity index (χ3n) is 4.50. The first kappa shape index (κ1) is 15.3. The fourth-order valence-corrected chi connectivity index (χ4v) is 3.23. The van der Waals surface area contributed by atoms with Gasteiger partial charge in [0.1, 0.15) is 5.54 Å². The van der Waals surface area contributed by atoms with Gasteiger partial charge in [0.05, 0.1) is 11.4 Å². The molecule has 2 aliphatic rings. The van der Waals surface area contributed by atoms with Crippen LogP contribution in [0.5, 0.6) is 0 Å². The molecule has 0 unspecified atom stereocenters. The number of carbonyl (C=O) groups is 3. The molecule has 1 aliphatic carbocycles. The molecule has 7 nitrogen and oxygen atoms in total. The van der Waals surface area contributed by atoms with Crippen molar-refractivity contribution in [1.82, 2.24) is 10.2 Å². The summed E-state index contributed by atoms with van der Waals surface area (Å²) in [7, 11) is 0. The second-order valence-corrected chi connectivity index (χ2v) is 6.06. The minimum absolute atomic E-state index is 0.0452. The highest BCUT2D eigenvalue weighted by molar-refractivity contribution is 6.07. The van der Waals surface area contributed by atoms with Crippen LogP contribution in [-0.2, 0) is 9.59 Å². The zero-order chi connectivity index (χ0) is 16.4. The molecule has 122 valence electrons. The molecule has 3 rings (SSSR count). The van der Waals surface area contributed by atoms with Crippen LogP contribution in [0.1, 0.15) is 32.1 Å². The SMILES string of the molecule is Nc1ccccc1NC(=O)CCN1C(=O)NC2(CCCC2)C1=O. The molecule has 7 heteroatoms. The topological polar surface area (TPSA) is 105 Å². The van der Waals surface area contributed by atoms with Gasteiger partial charge in [0.15, 0.2) is 0 Å². The first-order valence-electron chi connectivity index (χ1n) is 7.80. The minimum Gasteiger partial charge on any atom is -0.397 e. The molecular weight excluding hydrogens is 296 g/mol. The number of urea groups is 1. The average molecular weight is 316 g/mol. The van der Waals surface area contributed by atoms with E-state index >= 15 is 0 Å². The second kappa shape index (κ2) is 5.91. The van der Waals surface area contributed by atoms with E-state index in [9.17, 15) is 14.4 Å². The Hall–Kier alpha value is -2.57. The summed E-state index contributed by atoms with van der Waals surface area (Å²) >= 11 is 0. The maximum atomic E-state index is 12.5. The lowest BCUT2D eigenvalue weighted by molar-refractivity contribution is -0.131. The van der Waals surface area contributed by atoms with Gasteiger partial charge in [-0.2, -0.15) is 0 Å². The molecule has 1 heterocycles. The molecule has 0 radical (unpaired) electrons. The highest BCUT2D eigenvalue weighted by atomic mass is 16.2. The van der Waals surface area contributed by atoms with Crippen LogP contribution >= 0.6 is 0 Å². The Morgan fingerprint density at radius 2 is 1.96 bits per heavy atom. The summed E-state index contributed by atoms with van der Waals surface area (Å²) in [6.07, 6.45) is 3.28. The summed E-state index contributed by atoms with van der Waals surface area (Å²) in [4.78, 5) is 37.6. The molecule has 1 spiro atoms. The zero-order valence-electron chi connectivity index (χ0n) is 12.8. The number of anilines is 2. The first-order chi connectivity index (χ1) is 11.0. The summed E-state index contributed by atoms with van der Waals surface area (Å²) < 4.78 is 0. The van der Waals surface area contributed by atoms with Crippen molar-refractivity contribution in [2.75, 3.05) is 17.6 Å². The predicted molar refractivity (Wildman–Crippen MR) is 85.5 cm³/mol. The van der Waals surface area contributed by atoms with Crippen LogP contribution in [0.2, 0.25) is 0 Å². The number of rotatable bonds is 4. The number of nitrogens with one attached hydrogen (secondary N) is 2. The molecule has 0 bridgehead atoms. The van der Waals surface area contributed by atoms with E-state index in [0.29, 0.717) is 24.2 Å². The predicted octanol–water partition coefficient (Wildman–Crippen LogP) is 1.46. The maximum Gasteiger partial charge on any atom is 0.325 e. The number of carbonyl (C=O) groups excluding carboxylic acids is 3. The molecule has 4 N–H and O–H groups in total. The van der Waals surface area contributed by atoms with Gasteiger partial charge in [-0.1, -0.05) is 25.0 Å². The first-order valence-corrected chi connectivity index (χ1v) is 7.80. The quantitative estimate of drug-likeness (QED) is 0.578. The lowest BCUT2D eigenvalue weighted by atomic mass is 9.98. The lowest BCUT2D eigenvalue weighted by Gasteiger charge is -2.19. The number of nitrogen functional groups attached to an aromatic ring is 1. The van der Waals surface area contributed by atoms with Gasteiger partial charge in [0, 0.05) is 13.0 Å². The Bertz CT molecular complexity index is 652. The van der Waals surface area contributed by atoms with Crippen LogP contribution in [0.4, 0.5) is 16.2 Å². The monoisotopic (exact) mass is 316 g/mol. The number of hydrogen-bond donors (Lipinski definition) is 3. The molecular formula is C16H20N4O3. The van der Waals surface area contributed by atoms with E-state index in [-0.39, 0.29) is 24.8 Å². The van der Waals surface area contributed by atoms with Gasteiger partial charge < -0.3 is 16.4 Å². The smallest absolute Gasteiger partial charge is 0.325 e. The van der Waals surface area contributed by atoms with Crippen molar-refractivity contribution in [3.05, 3.63) is 24.3 Å². The van der Waals surface area contributed by atoms with Gasteiger partial charge in [-0.25, -0.2) is 4.79 Å². The lowest BCUT2D eigenvalue weighted by Crippen LogP contribution is -2.44. The normalized spacial score (nSPS) is 19.2. The van der Waals surface area contributed by atoms with Gasteiger partial charge >= 0.3 is 6.03 Å². The van der Waals surface area contributed by atoms with Crippen LogP contribution < -0.4 is 16.4 Å². The van der Waals surface area contributed by atoms with Crippen LogP contribution in [0, 0.1) is 0 Å². The summed E-state index contributed by atoms with van der Waals surface area (Å²) in [5.41, 5.74) is 6.04. The third-order valence-corrected chi connectivity index (χ3v) is 4.50. The molecule has 1 aliphatic heterocycles. The molecule has 23 heavy (non-hydrogen) atoms. The van der Waals surface area contributed by atoms with E-state index in [0.717, 1.165) is 17.7 Å². The molecule has 1 saturated carbocycles. The summed E-state index contributed by atoms with van der Waals surface area (Å²) in [5.74, 6) is -0.483. The number of nitrogens with zero attached hydrogens (tertiary/aromatic N) is 1. The number of benzene rings is 1. The van der Waals surface area contributed by atoms with Gasteiger partial charge in [-0.05, 0) is 25.0 Å². The summed E-state index contributed by atoms with van der Waals surface area (Å²) in [5, 5.41) is 5.49. The summed E-state index contributed by atoms with van der Waals surface area (Å²) in [6, 6.07) is 6.54. The van der Waals surface area contributed by atoms with E-state index in [2.05, 4.69) is 10.6 Å². The van der Waals surface area contributed by atoms with Crippen LogP contribution in [0.3, 0.4) is 0 Å². The molecule has 2 fully saturated rings. The van der Waals surface area contributed by atoms with Gasteiger partial charge in [-0.3, -0.25) is 14.5 Å². The molecule has 1 saturated heterocycles. The van der Waals surface area contributed by atoms with Gasteiger partial charge in [0.2, 0.25) is 5.91 Å². The van der Waals surface area contributed by atoms with Crippen molar-refractivity contribution in [2.45, 2.75) is 37.6 Å². The Labute approximate surface area is 134 Å². The van der Waals surface area contributed by atoms with Crippen molar-refractivity contribution >= 4 is 29.2 Å². The van der Waals surface area contributed by atoms with E-state index in [1.807, 2.05) is 0 Å². The van der Waals surface area contributed by atoms with Crippen LogP contribution in [-0.4, -0.2) is 34.8 Å². The Morgan fingerprint density at radius 1 is 1.26 bits per heavy atom. The molecule has 0 atom stereocenters. The Balaban J connectivity index is 1.58. The number of amides is 4. The van der Waals surface area contributed by atoms with E-state index in [1.165, 1.54) is 0 Å². The standard InChI is InChI=1S/C16H20N4O3/c17-11-5-1-2-6-12(11)18-13(21)7-10-20-14(22)16(19-15(20)23)8-3-4-9-16/h1-2,5-6H,3-4,7-10,17H2,(H,18,21)(H,19,23). The van der Waals surface area contributed by atoms with Gasteiger partial charge in [0.25, 0.3) is 5.91 Å². The number of hydrogen-bond acceptors (Lipinski definition) is 4. The number of imide groups is 1. The molecule has 1 aromatic carbocycles. The van der Waals surface area contributed by atoms with Crippen molar-refractivity contribution in [2.24, 2.45) is 0 Å². The molecule has 1 aromatic rings. The van der Waals surface area contributed by atoms with E-state index < -0.39 is 11.6 Å². The molecule has 4 amide bonds. The summed E-state index contributed by atoms with van der Waals surface area (Å²) in [6.45, 7) is 0.0744. The van der Waals surface area contributed by atoms with Crippen LogP contribution in [0.25, 0.3) is 0 Å². The maximum absolute atomic E-state index is 12.5. The third kappa shape index (κ3) is 2.86. The second-order valence-electron chi connectivity index (χ2n) is 6.06. The van der Waals surface area contributed by atoms with Crippen molar-refractivity contribution < 1.29 is 14.4 Å². The fourth-order valence-electron chi connectivity index (χ4n) is 3.23. The van der Waals surface area contributed by atoms with Crippen molar-refractivity contribution in [3.8, 4) is 0 Å². The average Bonchev–Trinajstić information content (AvgIpc) is 3.07. The Morgan fingerprint density at radius 3 is 2.65 bits per heavy atom. The number of para-hydroxylation sites is 2. The fraction of sp³-hybridized carbons (Fsp3) is 0.438. The molecule has 0 aromatic heterocycles. The number of nitrogens with two attached hydrogens (primary N) is 1. The van der Waals surface area contributed by atoms with Crippen molar-refractivity contribution in [3.63, 3.8) is 0 Å². The van der Waals surface area contributed by atoms with Crippen LogP contribution in [0.15, 0.2) is 24.3 Å². The van der Waals surface area contributed by atoms with E-state index in [4.69, 9.17) is 5.73 Å². The van der Waals surface area contributed by atoms with Gasteiger partial charge in [-0.15, -0.1) is 0 Å². The minimum atomic E-state index is -0.725. The highest BCUT2D eigenvalue weighted by Gasteiger charge is 2.52. The highest BCUT2D eigenvalue weighted by Crippen LogP contribution is 2.35. The van der Waals surface area contributed by atoms with Crippen molar-refractivity contribution in [1.29, 1.82) is 0 Å². The Kier molecular flexibility index (Phi) is 3.94.